The second-order valence-corrected chi connectivity index (χ2v) is 3.74. The van der Waals surface area contributed by atoms with Crippen LogP contribution in [0.1, 0.15) is 40.0 Å². The van der Waals surface area contributed by atoms with Gasteiger partial charge >= 0.3 is 0 Å². The Bertz CT molecular complexity index is 72.9. The topological polar surface area (TPSA) is 9.23 Å². The zero-order chi connectivity index (χ0) is 8.69. The third-order valence-electron chi connectivity index (χ3n) is 1.90. The minimum absolute atomic E-state index is 0.782. The fourth-order valence-electron chi connectivity index (χ4n) is 1.58. The van der Waals surface area contributed by atoms with Gasteiger partial charge in [-0.05, 0) is 24.7 Å². The second kappa shape index (κ2) is 6.66. The first-order valence-corrected chi connectivity index (χ1v) is 4.69. The van der Waals surface area contributed by atoms with E-state index in [4.69, 9.17) is 4.74 Å². The molecule has 0 aliphatic heterocycles. The van der Waals surface area contributed by atoms with Gasteiger partial charge in [-0.1, -0.05) is 27.2 Å². The predicted molar refractivity (Wildman–Crippen MR) is 49.7 cm³/mol. The first kappa shape index (κ1) is 11.0. The van der Waals surface area contributed by atoms with Crippen LogP contribution >= 0.6 is 0 Å². The van der Waals surface area contributed by atoms with Crippen molar-refractivity contribution in [1.82, 2.24) is 0 Å². The first-order chi connectivity index (χ1) is 5.20. The number of ether oxygens (including phenoxy) is 1. The van der Waals surface area contributed by atoms with Gasteiger partial charge in [0, 0.05) is 13.7 Å². The Hall–Kier alpha value is -0.0400. The second-order valence-electron chi connectivity index (χ2n) is 3.74. The number of methoxy groups -OCH3 is 1. The molecule has 0 aromatic rings. The van der Waals surface area contributed by atoms with Crippen molar-refractivity contribution < 1.29 is 4.74 Å². The Kier molecular flexibility index (Phi) is 6.63. The van der Waals surface area contributed by atoms with Gasteiger partial charge in [-0.3, -0.25) is 0 Å². The number of hydrogen-bond acceptors (Lipinski definition) is 1. The van der Waals surface area contributed by atoms with Gasteiger partial charge in [-0.2, -0.15) is 0 Å². The lowest BCUT2D eigenvalue weighted by molar-refractivity contribution is 0.135. The largest absolute Gasteiger partial charge is 0.384 e. The van der Waals surface area contributed by atoms with Crippen LogP contribution in [0, 0.1) is 11.8 Å². The molecule has 0 N–H and O–H groups in total. The van der Waals surface area contributed by atoms with E-state index in [1.807, 2.05) is 0 Å². The zero-order valence-corrected chi connectivity index (χ0v) is 8.39. The SMILES string of the molecule is CCCC(COC)CC(C)C. The molecule has 1 atom stereocenters. The van der Waals surface area contributed by atoms with E-state index >= 15 is 0 Å². The van der Waals surface area contributed by atoms with Crippen molar-refractivity contribution in [2.75, 3.05) is 13.7 Å². The highest BCUT2D eigenvalue weighted by molar-refractivity contribution is 4.59. The van der Waals surface area contributed by atoms with Crippen molar-refractivity contribution in [1.29, 1.82) is 0 Å². The van der Waals surface area contributed by atoms with E-state index in [2.05, 4.69) is 20.8 Å². The molecular weight excluding hydrogens is 136 g/mol. The van der Waals surface area contributed by atoms with E-state index in [1.54, 1.807) is 7.11 Å². The third-order valence-corrected chi connectivity index (χ3v) is 1.90. The van der Waals surface area contributed by atoms with Crippen molar-refractivity contribution in [3.8, 4) is 0 Å². The highest BCUT2D eigenvalue weighted by Crippen LogP contribution is 2.16. The van der Waals surface area contributed by atoms with Crippen LogP contribution in [0.3, 0.4) is 0 Å². The summed E-state index contributed by atoms with van der Waals surface area (Å²) in [7, 11) is 1.79. The van der Waals surface area contributed by atoms with E-state index in [-0.39, 0.29) is 0 Å². The van der Waals surface area contributed by atoms with Crippen molar-refractivity contribution >= 4 is 0 Å². The van der Waals surface area contributed by atoms with Gasteiger partial charge in [0.15, 0.2) is 0 Å². The average molecular weight is 158 g/mol. The zero-order valence-electron chi connectivity index (χ0n) is 8.39. The standard InChI is InChI=1S/C10H22O/c1-5-6-10(8-11-4)7-9(2)3/h9-10H,5-8H2,1-4H3. The molecule has 0 aliphatic carbocycles. The number of rotatable bonds is 6. The first-order valence-electron chi connectivity index (χ1n) is 4.69. The fourth-order valence-corrected chi connectivity index (χ4v) is 1.58. The van der Waals surface area contributed by atoms with Crippen LogP contribution in [-0.2, 0) is 4.74 Å². The molecule has 0 fully saturated rings. The van der Waals surface area contributed by atoms with Crippen LogP contribution in [0.5, 0.6) is 0 Å². The maximum atomic E-state index is 5.16. The molecule has 0 heterocycles. The van der Waals surface area contributed by atoms with Gasteiger partial charge < -0.3 is 4.74 Å². The van der Waals surface area contributed by atoms with E-state index in [0.717, 1.165) is 18.4 Å². The highest BCUT2D eigenvalue weighted by atomic mass is 16.5. The van der Waals surface area contributed by atoms with Crippen LogP contribution in [0.4, 0.5) is 0 Å². The van der Waals surface area contributed by atoms with E-state index < -0.39 is 0 Å². The molecule has 0 saturated heterocycles. The molecule has 0 amide bonds. The van der Waals surface area contributed by atoms with E-state index in [9.17, 15) is 0 Å². The van der Waals surface area contributed by atoms with Gasteiger partial charge in [0.2, 0.25) is 0 Å². The minimum Gasteiger partial charge on any atom is -0.384 e. The van der Waals surface area contributed by atoms with E-state index in [1.165, 1.54) is 19.3 Å². The van der Waals surface area contributed by atoms with Gasteiger partial charge in [-0.15, -0.1) is 0 Å². The monoisotopic (exact) mass is 158 g/mol. The predicted octanol–water partition coefficient (Wildman–Crippen LogP) is 3.10. The lowest BCUT2D eigenvalue weighted by Crippen LogP contribution is -2.10. The molecule has 0 saturated carbocycles. The van der Waals surface area contributed by atoms with Gasteiger partial charge in [0.05, 0.1) is 0 Å². The summed E-state index contributed by atoms with van der Waals surface area (Å²) < 4.78 is 5.16. The average Bonchev–Trinajstić information content (AvgIpc) is 1.87. The molecule has 0 aromatic carbocycles. The Balaban J connectivity index is 3.50. The summed E-state index contributed by atoms with van der Waals surface area (Å²) in [6, 6.07) is 0. The van der Waals surface area contributed by atoms with Crippen molar-refractivity contribution in [2.45, 2.75) is 40.0 Å². The van der Waals surface area contributed by atoms with Crippen LogP contribution in [0.15, 0.2) is 0 Å². The van der Waals surface area contributed by atoms with Crippen LogP contribution < -0.4 is 0 Å². The van der Waals surface area contributed by atoms with Gasteiger partial charge in [-0.25, -0.2) is 0 Å². The van der Waals surface area contributed by atoms with Crippen LogP contribution in [0.25, 0.3) is 0 Å². The highest BCUT2D eigenvalue weighted by Gasteiger charge is 2.08. The Morgan fingerprint density at radius 2 is 1.91 bits per heavy atom. The van der Waals surface area contributed by atoms with Crippen molar-refractivity contribution in [3.05, 3.63) is 0 Å². The summed E-state index contributed by atoms with van der Waals surface area (Å²) in [6.45, 7) is 7.73. The molecular formula is C10H22O. The summed E-state index contributed by atoms with van der Waals surface area (Å²) in [5.74, 6) is 1.59. The molecule has 0 spiro atoms. The molecule has 0 aromatic heterocycles. The Morgan fingerprint density at radius 3 is 2.27 bits per heavy atom. The van der Waals surface area contributed by atoms with Crippen LogP contribution in [0.2, 0.25) is 0 Å². The molecule has 11 heavy (non-hydrogen) atoms. The quantitative estimate of drug-likeness (QED) is 0.577. The Labute approximate surface area is 71.1 Å². The Morgan fingerprint density at radius 1 is 1.27 bits per heavy atom. The molecule has 1 nitrogen and oxygen atoms in total. The lowest BCUT2D eigenvalue weighted by atomic mass is 9.94. The van der Waals surface area contributed by atoms with Crippen molar-refractivity contribution in [2.24, 2.45) is 11.8 Å². The van der Waals surface area contributed by atoms with Crippen LogP contribution in [-0.4, -0.2) is 13.7 Å². The summed E-state index contributed by atoms with van der Waals surface area (Å²) in [5, 5.41) is 0. The molecule has 68 valence electrons. The molecule has 0 bridgehead atoms. The molecule has 0 radical (unpaired) electrons. The molecule has 1 heteroatoms. The van der Waals surface area contributed by atoms with Gasteiger partial charge in [0.1, 0.15) is 0 Å². The molecule has 1 unspecified atom stereocenters. The van der Waals surface area contributed by atoms with E-state index in [0.29, 0.717) is 0 Å². The summed E-state index contributed by atoms with van der Waals surface area (Å²) >= 11 is 0. The minimum atomic E-state index is 0.782. The molecule has 0 aliphatic rings. The van der Waals surface area contributed by atoms with Crippen molar-refractivity contribution in [3.63, 3.8) is 0 Å². The summed E-state index contributed by atoms with van der Waals surface area (Å²) in [4.78, 5) is 0. The number of hydrogen-bond donors (Lipinski definition) is 0. The maximum absolute atomic E-state index is 5.16. The molecule has 0 rings (SSSR count). The maximum Gasteiger partial charge on any atom is 0.0490 e. The lowest BCUT2D eigenvalue weighted by Gasteiger charge is -2.16. The third kappa shape index (κ3) is 6.36. The van der Waals surface area contributed by atoms with Gasteiger partial charge in [0.25, 0.3) is 0 Å². The smallest absolute Gasteiger partial charge is 0.0490 e. The normalized spacial score (nSPS) is 13.9. The summed E-state index contributed by atoms with van der Waals surface area (Å²) in [5.41, 5.74) is 0. The summed E-state index contributed by atoms with van der Waals surface area (Å²) in [6.07, 6.45) is 3.90. The fraction of sp³-hybridized carbons (Fsp3) is 1.00.